The molecule has 0 spiro atoms. The maximum atomic E-state index is 12.0. The summed E-state index contributed by atoms with van der Waals surface area (Å²) < 4.78 is 44.2. The molecule has 0 radical (unpaired) electrons. The van der Waals surface area contributed by atoms with Gasteiger partial charge in [0.1, 0.15) is 12.2 Å². The van der Waals surface area contributed by atoms with Crippen LogP contribution >= 0.6 is 0 Å². The molecule has 0 aliphatic rings. The molecular weight excluding hydrogens is 289 g/mol. The maximum absolute atomic E-state index is 12.0. The first kappa shape index (κ1) is 16.7. The zero-order valence-corrected chi connectivity index (χ0v) is 11.1. The molecule has 7 heteroatoms. The highest BCUT2D eigenvalue weighted by Crippen LogP contribution is 2.22. The van der Waals surface area contributed by atoms with Crippen LogP contribution in [0.25, 0.3) is 6.08 Å². The number of rotatable bonds is 6. The molecule has 0 amide bonds. The van der Waals surface area contributed by atoms with Crippen LogP contribution in [0.5, 0.6) is 5.75 Å². The van der Waals surface area contributed by atoms with Gasteiger partial charge in [-0.15, -0.1) is 13.2 Å². The zero-order chi connectivity index (χ0) is 15.9. The van der Waals surface area contributed by atoms with Gasteiger partial charge < -0.3 is 9.47 Å². The maximum Gasteiger partial charge on any atom is 0.573 e. The summed E-state index contributed by atoms with van der Waals surface area (Å²) in [6.45, 7) is 1.82. The van der Waals surface area contributed by atoms with Gasteiger partial charge in [0.15, 0.2) is 5.78 Å². The van der Waals surface area contributed by atoms with Gasteiger partial charge in [0.05, 0.1) is 6.61 Å². The van der Waals surface area contributed by atoms with Crippen LogP contribution in [0, 0.1) is 0 Å². The van der Waals surface area contributed by atoms with Gasteiger partial charge in [0.25, 0.3) is 0 Å². The van der Waals surface area contributed by atoms with E-state index < -0.39 is 18.1 Å². The smallest absolute Gasteiger partial charge is 0.466 e. The number of halogens is 3. The number of carbonyl (C=O) groups excluding carboxylic acids is 2. The van der Waals surface area contributed by atoms with E-state index in [2.05, 4.69) is 9.47 Å². The van der Waals surface area contributed by atoms with Crippen LogP contribution in [0.2, 0.25) is 0 Å². The van der Waals surface area contributed by atoms with Crippen molar-refractivity contribution in [2.75, 3.05) is 6.61 Å². The van der Waals surface area contributed by atoms with Crippen LogP contribution in [0.4, 0.5) is 13.2 Å². The molecule has 21 heavy (non-hydrogen) atoms. The van der Waals surface area contributed by atoms with Gasteiger partial charge in [-0.05, 0) is 30.7 Å². The summed E-state index contributed by atoms with van der Waals surface area (Å²) in [5, 5.41) is 0. The number of ether oxygens (including phenoxy) is 2. The Balaban J connectivity index is 2.57. The zero-order valence-electron chi connectivity index (χ0n) is 11.1. The van der Waals surface area contributed by atoms with Crippen molar-refractivity contribution in [3.05, 3.63) is 35.9 Å². The summed E-state index contributed by atoms with van der Waals surface area (Å²) in [4.78, 5) is 22.4. The number of allylic oxidation sites excluding steroid dienone is 1. The van der Waals surface area contributed by atoms with Gasteiger partial charge in [0, 0.05) is 0 Å². The third-order valence-corrected chi connectivity index (χ3v) is 2.20. The van der Waals surface area contributed by atoms with Gasteiger partial charge in [0.2, 0.25) is 0 Å². The second kappa shape index (κ2) is 7.47. The topological polar surface area (TPSA) is 52.6 Å². The Bertz CT molecular complexity index is 518. The van der Waals surface area contributed by atoms with Crippen molar-refractivity contribution in [3.63, 3.8) is 0 Å². The first-order valence-corrected chi connectivity index (χ1v) is 6.02. The number of carbonyl (C=O) groups is 2. The van der Waals surface area contributed by atoms with Crippen molar-refractivity contribution in [3.8, 4) is 5.75 Å². The molecule has 1 aromatic carbocycles. The SMILES string of the molecule is CCOC(=O)CC(=O)C=Cc1ccc(OC(F)(F)F)cc1. The van der Waals surface area contributed by atoms with Crippen molar-refractivity contribution in [2.24, 2.45) is 0 Å². The van der Waals surface area contributed by atoms with E-state index in [1.165, 1.54) is 18.2 Å². The molecular formula is C14H13F3O4. The summed E-state index contributed by atoms with van der Waals surface area (Å²) in [6.07, 6.45) is -2.57. The fourth-order valence-corrected chi connectivity index (χ4v) is 1.38. The van der Waals surface area contributed by atoms with Gasteiger partial charge >= 0.3 is 12.3 Å². The van der Waals surface area contributed by atoms with Gasteiger partial charge in [-0.3, -0.25) is 9.59 Å². The van der Waals surface area contributed by atoms with Gasteiger partial charge in [-0.25, -0.2) is 0 Å². The lowest BCUT2D eigenvalue weighted by Gasteiger charge is -2.08. The second-order valence-corrected chi connectivity index (χ2v) is 3.90. The summed E-state index contributed by atoms with van der Waals surface area (Å²) in [6, 6.07) is 4.97. The molecule has 1 aromatic rings. The molecule has 4 nitrogen and oxygen atoms in total. The molecule has 0 heterocycles. The number of benzene rings is 1. The fraction of sp³-hybridized carbons (Fsp3) is 0.286. The number of esters is 1. The number of alkyl halides is 3. The standard InChI is InChI=1S/C14H13F3O4/c1-2-20-13(19)9-11(18)6-3-10-4-7-12(8-5-10)21-14(15,16)17/h3-8H,2,9H2,1H3. The molecule has 0 saturated carbocycles. The lowest BCUT2D eigenvalue weighted by Crippen LogP contribution is -2.16. The van der Waals surface area contributed by atoms with E-state index in [4.69, 9.17) is 0 Å². The second-order valence-electron chi connectivity index (χ2n) is 3.90. The van der Waals surface area contributed by atoms with Crippen LogP contribution in [0.1, 0.15) is 18.9 Å². The summed E-state index contributed by atoms with van der Waals surface area (Å²) in [7, 11) is 0. The Hall–Kier alpha value is -2.31. The molecule has 0 atom stereocenters. The lowest BCUT2D eigenvalue weighted by molar-refractivity contribution is -0.274. The quantitative estimate of drug-likeness (QED) is 0.460. The Morgan fingerprint density at radius 2 is 1.81 bits per heavy atom. The minimum absolute atomic E-state index is 0.191. The van der Waals surface area contributed by atoms with E-state index in [0.29, 0.717) is 5.56 Å². The Morgan fingerprint density at radius 3 is 2.33 bits per heavy atom. The molecule has 0 saturated heterocycles. The fourth-order valence-electron chi connectivity index (χ4n) is 1.38. The van der Waals surface area contributed by atoms with E-state index in [0.717, 1.165) is 18.2 Å². The minimum atomic E-state index is -4.74. The largest absolute Gasteiger partial charge is 0.573 e. The first-order valence-electron chi connectivity index (χ1n) is 6.02. The predicted octanol–water partition coefficient (Wildman–Crippen LogP) is 3.12. The van der Waals surface area contributed by atoms with Gasteiger partial charge in [-0.1, -0.05) is 18.2 Å². The van der Waals surface area contributed by atoms with E-state index in [1.807, 2.05) is 0 Å². The predicted molar refractivity (Wildman–Crippen MR) is 68.4 cm³/mol. The number of hydrogen-bond acceptors (Lipinski definition) is 4. The highest BCUT2D eigenvalue weighted by molar-refractivity contribution is 6.03. The molecule has 0 aliphatic heterocycles. The van der Waals surface area contributed by atoms with E-state index in [9.17, 15) is 22.8 Å². The van der Waals surface area contributed by atoms with Crippen molar-refractivity contribution in [2.45, 2.75) is 19.7 Å². The lowest BCUT2D eigenvalue weighted by atomic mass is 10.1. The molecule has 0 bridgehead atoms. The third kappa shape index (κ3) is 7.14. The molecule has 0 aromatic heterocycles. The average molecular weight is 302 g/mol. The Morgan fingerprint density at radius 1 is 1.19 bits per heavy atom. The highest BCUT2D eigenvalue weighted by atomic mass is 19.4. The summed E-state index contributed by atoms with van der Waals surface area (Å²) >= 11 is 0. The van der Waals surface area contributed by atoms with E-state index in [1.54, 1.807) is 6.92 Å². The van der Waals surface area contributed by atoms with Crippen LogP contribution in [0.3, 0.4) is 0 Å². The molecule has 0 N–H and O–H groups in total. The highest BCUT2D eigenvalue weighted by Gasteiger charge is 2.30. The van der Waals surface area contributed by atoms with Crippen molar-refractivity contribution in [1.82, 2.24) is 0 Å². The first-order chi connectivity index (χ1) is 9.80. The monoisotopic (exact) mass is 302 g/mol. The van der Waals surface area contributed by atoms with Crippen LogP contribution in [-0.4, -0.2) is 24.7 Å². The number of ketones is 1. The Kier molecular flexibility index (Phi) is 5.95. The average Bonchev–Trinajstić information content (AvgIpc) is 2.36. The number of hydrogen-bond donors (Lipinski definition) is 0. The molecule has 0 aliphatic carbocycles. The Labute approximate surface area is 119 Å². The van der Waals surface area contributed by atoms with Crippen LogP contribution in [-0.2, 0) is 14.3 Å². The molecule has 0 fully saturated rings. The minimum Gasteiger partial charge on any atom is -0.466 e. The van der Waals surface area contributed by atoms with Gasteiger partial charge in [-0.2, -0.15) is 0 Å². The van der Waals surface area contributed by atoms with E-state index >= 15 is 0 Å². The molecule has 114 valence electrons. The van der Waals surface area contributed by atoms with Crippen molar-refractivity contribution >= 4 is 17.8 Å². The van der Waals surface area contributed by atoms with Crippen LogP contribution < -0.4 is 4.74 Å². The molecule has 0 unspecified atom stereocenters. The van der Waals surface area contributed by atoms with Crippen molar-refractivity contribution < 1.29 is 32.2 Å². The van der Waals surface area contributed by atoms with Crippen LogP contribution in [0.15, 0.2) is 30.3 Å². The molecule has 1 rings (SSSR count). The van der Waals surface area contributed by atoms with Crippen molar-refractivity contribution in [1.29, 1.82) is 0 Å². The summed E-state index contributed by atoms with van der Waals surface area (Å²) in [5.74, 6) is -1.43. The summed E-state index contributed by atoms with van der Waals surface area (Å²) in [5.41, 5.74) is 0.502. The van der Waals surface area contributed by atoms with E-state index in [-0.39, 0.29) is 18.8 Å². The third-order valence-electron chi connectivity index (χ3n) is 2.20. The normalized spacial score (nSPS) is 11.4.